The van der Waals surface area contributed by atoms with Gasteiger partial charge in [0.05, 0.1) is 11.4 Å². The highest BCUT2D eigenvalue weighted by atomic mass is 16.2. The molecule has 4 heterocycles. The van der Waals surface area contributed by atoms with E-state index in [2.05, 4.69) is 22.0 Å². The van der Waals surface area contributed by atoms with E-state index in [1.807, 2.05) is 23.1 Å². The molecular weight excluding hydrogens is 442 g/mol. The Hall–Kier alpha value is -2.61. The highest BCUT2D eigenvalue weighted by molar-refractivity contribution is 6.09. The van der Waals surface area contributed by atoms with Crippen LogP contribution in [0.25, 0.3) is 0 Å². The van der Waals surface area contributed by atoms with Crippen molar-refractivity contribution >= 4 is 29.1 Å². The highest BCUT2D eigenvalue weighted by Crippen LogP contribution is 2.40. The zero-order valence-corrected chi connectivity index (χ0v) is 21.0. The number of fused-ring (bicyclic) bond motifs is 3. The lowest BCUT2D eigenvalue weighted by molar-refractivity contribution is -0.125. The molecule has 35 heavy (non-hydrogen) atoms. The quantitative estimate of drug-likeness (QED) is 0.648. The number of carbonyl (C=O) groups is 3. The fraction of sp³-hybridized carbons (Fsp3) is 0.667. The van der Waals surface area contributed by atoms with Gasteiger partial charge in [-0.25, -0.2) is 0 Å². The summed E-state index contributed by atoms with van der Waals surface area (Å²) >= 11 is 0. The lowest BCUT2D eigenvalue weighted by Gasteiger charge is -2.45. The van der Waals surface area contributed by atoms with Gasteiger partial charge in [-0.2, -0.15) is 0 Å². The largest absolute Gasteiger partial charge is 0.358 e. The summed E-state index contributed by atoms with van der Waals surface area (Å²) in [6.45, 7) is 7.50. The number of anilines is 2. The van der Waals surface area contributed by atoms with Crippen LogP contribution in [-0.4, -0.2) is 85.4 Å². The van der Waals surface area contributed by atoms with Gasteiger partial charge in [0.25, 0.3) is 5.91 Å². The van der Waals surface area contributed by atoms with E-state index in [1.54, 1.807) is 4.90 Å². The minimum absolute atomic E-state index is 0.00434. The summed E-state index contributed by atoms with van der Waals surface area (Å²) in [5.41, 5.74) is 2.25. The molecule has 0 aliphatic carbocycles. The Balaban J connectivity index is 1.31. The van der Waals surface area contributed by atoms with Crippen molar-refractivity contribution in [2.45, 2.75) is 70.4 Å². The maximum Gasteiger partial charge on any atom is 0.253 e. The van der Waals surface area contributed by atoms with Crippen molar-refractivity contribution in [2.75, 3.05) is 55.6 Å². The SMILES string of the molecule is C[C@@H](CCNC(=O)CN1C(=O)[C@H]2CCCCN2c2ccc(C(=O)N3CCCC3)cc21)N1CCCC1. The van der Waals surface area contributed by atoms with Gasteiger partial charge in [0.1, 0.15) is 12.6 Å². The molecule has 4 aliphatic heterocycles. The van der Waals surface area contributed by atoms with Crippen LogP contribution in [0.1, 0.15) is 68.6 Å². The van der Waals surface area contributed by atoms with Gasteiger partial charge in [-0.1, -0.05) is 0 Å². The third-order valence-electron chi connectivity index (χ3n) is 8.22. The smallest absolute Gasteiger partial charge is 0.253 e. The lowest BCUT2D eigenvalue weighted by atomic mass is 9.95. The Labute approximate surface area is 208 Å². The predicted octanol–water partition coefficient (Wildman–Crippen LogP) is 2.62. The molecule has 3 fully saturated rings. The van der Waals surface area contributed by atoms with Gasteiger partial charge in [0.15, 0.2) is 0 Å². The molecule has 0 bridgehead atoms. The first kappa shape index (κ1) is 24.1. The van der Waals surface area contributed by atoms with E-state index in [0.29, 0.717) is 23.8 Å². The molecule has 5 rings (SSSR count). The molecule has 0 unspecified atom stereocenters. The van der Waals surface area contributed by atoms with Gasteiger partial charge in [-0.05, 0) is 89.6 Å². The van der Waals surface area contributed by atoms with Crippen molar-refractivity contribution in [3.63, 3.8) is 0 Å². The summed E-state index contributed by atoms with van der Waals surface area (Å²) < 4.78 is 0. The van der Waals surface area contributed by atoms with E-state index in [0.717, 1.165) is 76.9 Å². The summed E-state index contributed by atoms with van der Waals surface area (Å²) in [6, 6.07) is 5.93. The van der Waals surface area contributed by atoms with Gasteiger partial charge < -0.3 is 20.0 Å². The molecule has 3 saturated heterocycles. The maximum atomic E-state index is 13.6. The third kappa shape index (κ3) is 5.03. The first-order valence-corrected chi connectivity index (χ1v) is 13.5. The van der Waals surface area contributed by atoms with E-state index < -0.39 is 0 Å². The van der Waals surface area contributed by atoms with Crippen LogP contribution in [0.15, 0.2) is 18.2 Å². The number of likely N-dealkylation sites (tertiary alicyclic amines) is 2. The molecular formula is C27H39N5O3. The van der Waals surface area contributed by atoms with Crippen LogP contribution in [0, 0.1) is 0 Å². The van der Waals surface area contributed by atoms with Crippen molar-refractivity contribution in [1.82, 2.24) is 15.1 Å². The average Bonchev–Trinajstić information content (AvgIpc) is 3.61. The molecule has 190 valence electrons. The Kier molecular flexibility index (Phi) is 7.27. The Morgan fingerprint density at radius 1 is 0.971 bits per heavy atom. The molecule has 0 spiro atoms. The van der Waals surface area contributed by atoms with Crippen molar-refractivity contribution in [3.05, 3.63) is 23.8 Å². The molecule has 1 aromatic carbocycles. The number of hydrogen-bond acceptors (Lipinski definition) is 5. The summed E-state index contributed by atoms with van der Waals surface area (Å²) in [5, 5.41) is 3.04. The standard InChI is InChI=1S/C27H39N5O3/c1-20(29-13-4-5-14-29)11-12-28-25(33)19-32-24-18-21(26(34)30-15-6-7-16-30)9-10-22(24)31-17-3-2-8-23(31)27(32)35/h9-10,18,20,23H,2-8,11-17,19H2,1H3,(H,28,33)/t20-,23+/m0/s1. The van der Waals surface area contributed by atoms with Crippen LogP contribution in [0.2, 0.25) is 0 Å². The van der Waals surface area contributed by atoms with E-state index in [1.165, 1.54) is 12.8 Å². The van der Waals surface area contributed by atoms with E-state index in [4.69, 9.17) is 0 Å². The Bertz CT molecular complexity index is 954. The van der Waals surface area contributed by atoms with Gasteiger partial charge in [-0.15, -0.1) is 0 Å². The molecule has 4 aliphatic rings. The van der Waals surface area contributed by atoms with E-state index >= 15 is 0 Å². The van der Waals surface area contributed by atoms with Crippen molar-refractivity contribution in [2.24, 2.45) is 0 Å². The number of hydrogen-bond donors (Lipinski definition) is 1. The summed E-state index contributed by atoms with van der Waals surface area (Å²) in [4.78, 5) is 47.7. The summed E-state index contributed by atoms with van der Waals surface area (Å²) in [7, 11) is 0. The number of nitrogens with zero attached hydrogens (tertiary/aromatic N) is 4. The predicted molar refractivity (Wildman–Crippen MR) is 137 cm³/mol. The first-order chi connectivity index (χ1) is 17.0. The second-order valence-corrected chi connectivity index (χ2v) is 10.6. The average molecular weight is 482 g/mol. The molecule has 3 amide bonds. The molecule has 0 saturated carbocycles. The van der Waals surface area contributed by atoms with Crippen LogP contribution in [0.4, 0.5) is 11.4 Å². The van der Waals surface area contributed by atoms with Crippen molar-refractivity contribution < 1.29 is 14.4 Å². The first-order valence-electron chi connectivity index (χ1n) is 13.5. The van der Waals surface area contributed by atoms with E-state index in [9.17, 15) is 14.4 Å². The molecule has 8 nitrogen and oxygen atoms in total. The van der Waals surface area contributed by atoms with Crippen LogP contribution in [-0.2, 0) is 9.59 Å². The molecule has 2 atom stereocenters. The second kappa shape index (κ2) is 10.6. The van der Waals surface area contributed by atoms with E-state index in [-0.39, 0.29) is 30.3 Å². The van der Waals surface area contributed by atoms with Crippen LogP contribution in [0.3, 0.4) is 0 Å². The Morgan fingerprint density at radius 3 is 2.46 bits per heavy atom. The monoisotopic (exact) mass is 481 g/mol. The van der Waals surface area contributed by atoms with Crippen LogP contribution in [0.5, 0.6) is 0 Å². The number of carbonyl (C=O) groups excluding carboxylic acids is 3. The third-order valence-corrected chi connectivity index (χ3v) is 8.22. The minimum Gasteiger partial charge on any atom is -0.358 e. The van der Waals surface area contributed by atoms with Gasteiger partial charge >= 0.3 is 0 Å². The number of rotatable bonds is 7. The number of amides is 3. The Morgan fingerprint density at radius 2 is 1.69 bits per heavy atom. The number of nitrogens with one attached hydrogen (secondary N) is 1. The van der Waals surface area contributed by atoms with Crippen molar-refractivity contribution in [3.8, 4) is 0 Å². The molecule has 1 aromatic rings. The second-order valence-electron chi connectivity index (χ2n) is 10.6. The molecule has 0 radical (unpaired) electrons. The van der Waals surface area contributed by atoms with Crippen LogP contribution < -0.4 is 15.1 Å². The topological polar surface area (TPSA) is 76.2 Å². The van der Waals surface area contributed by atoms with Crippen molar-refractivity contribution in [1.29, 1.82) is 0 Å². The normalized spacial score (nSPS) is 23.3. The summed E-state index contributed by atoms with van der Waals surface area (Å²) in [5.74, 6) is -0.152. The lowest BCUT2D eigenvalue weighted by Crippen LogP contribution is -2.57. The van der Waals surface area contributed by atoms with Gasteiger partial charge in [0.2, 0.25) is 11.8 Å². The van der Waals surface area contributed by atoms with Gasteiger partial charge in [-0.3, -0.25) is 19.3 Å². The zero-order chi connectivity index (χ0) is 24.4. The fourth-order valence-electron chi connectivity index (χ4n) is 6.14. The summed E-state index contributed by atoms with van der Waals surface area (Å²) in [6.07, 6.45) is 8.36. The molecule has 8 heteroatoms. The number of benzene rings is 1. The fourth-order valence-corrected chi connectivity index (χ4v) is 6.14. The molecule has 1 N–H and O–H groups in total. The minimum atomic E-state index is -0.223. The highest BCUT2D eigenvalue weighted by Gasteiger charge is 2.40. The maximum absolute atomic E-state index is 13.6. The zero-order valence-electron chi connectivity index (χ0n) is 21.0. The van der Waals surface area contributed by atoms with Gasteiger partial charge in [0, 0.05) is 37.8 Å². The number of piperidine rings is 1. The van der Waals surface area contributed by atoms with Crippen LogP contribution >= 0.6 is 0 Å². The molecule has 0 aromatic heterocycles.